The molecule has 3 rings (SSSR count). The molecule has 0 saturated heterocycles. The first-order valence-electron chi connectivity index (χ1n) is 9.12. The Labute approximate surface area is 178 Å². The van der Waals surface area contributed by atoms with Gasteiger partial charge in [-0.25, -0.2) is 4.98 Å². The molecule has 29 heavy (non-hydrogen) atoms. The molecule has 0 aliphatic rings. The third-order valence-corrected chi connectivity index (χ3v) is 5.93. The molecule has 2 amide bonds. The lowest BCUT2D eigenvalue weighted by atomic mass is 10.1. The largest absolute Gasteiger partial charge is 0.497 e. The highest BCUT2D eigenvalue weighted by Gasteiger charge is 2.21. The van der Waals surface area contributed by atoms with Gasteiger partial charge in [0, 0.05) is 11.3 Å². The quantitative estimate of drug-likeness (QED) is 0.563. The van der Waals surface area contributed by atoms with Crippen molar-refractivity contribution in [3.05, 3.63) is 53.0 Å². The zero-order valence-electron chi connectivity index (χ0n) is 16.5. The van der Waals surface area contributed by atoms with Crippen LogP contribution in [0.3, 0.4) is 0 Å². The highest BCUT2D eigenvalue weighted by atomic mass is 32.2. The number of rotatable bonds is 8. The van der Waals surface area contributed by atoms with Crippen molar-refractivity contribution in [2.75, 3.05) is 24.4 Å². The van der Waals surface area contributed by atoms with Gasteiger partial charge in [-0.05, 0) is 67.8 Å². The van der Waals surface area contributed by atoms with Gasteiger partial charge in [0.05, 0.1) is 22.3 Å². The molecule has 8 heteroatoms. The number of anilines is 1. The Kier molecular flexibility index (Phi) is 7.11. The fourth-order valence-electron chi connectivity index (χ4n) is 2.84. The third-order valence-electron chi connectivity index (χ3n) is 4.35. The number of carbonyl (C=O) groups is 2. The van der Waals surface area contributed by atoms with E-state index < -0.39 is 6.04 Å². The zero-order chi connectivity index (χ0) is 20.8. The van der Waals surface area contributed by atoms with Crippen LogP contribution in [0.5, 0.6) is 5.75 Å². The lowest BCUT2D eigenvalue weighted by Gasteiger charge is -2.18. The van der Waals surface area contributed by atoms with Crippen LogP contribution in [0.1, 0.15) is 21.8 Å². The van der Waals surface area contributed by atoms with Gasteiger partial charge in [-0.3, -0.25) is 9.59 Å². The predicted molar refractivity (Wildman–Crippen MR) is 120 cm³/mol. The zero-order valence-corrected chi connectivity index (χ0v) is 18.2. The molecule has 1 heterocycles. The molecule has 0 aliphatic heterocycles. The van der Waals surface area contributed by atoms with E-state index >= 15 is 0 Å². The van der Waals surface area contributed by atoms with Crippen molar-refractivity contribution in [1.82, 2.24) is 10.3 Å². The second-order valence-electron chi connectivity index (χ2n) is 6.44. The molecule has 3 aromatic rings. The molecule has 1 unspecified atom stereocenters. The molecule has 152 valence electrons. The molecule has 2 N–H and O–H groups in total. The van der Waals surface area contributed by atoms with Crippen molar-refractivity contribution < 1.29 is 14.3 Å². The van der Waals surface area contributed by atoms with Gasteiger partial charge in [0.25, 0.3) is 5.91 Å². The van der Waals surface area contributed by atoms with Gasteiger partial charge in [-0.1, -0.05) is 0 Å². The number of thiazole rings is 1. The lowest BCUT2D eigenvalue weighted by molar-refractivity contribution is -0.118. The summed E-state index contributed by atoms with van der Waals surface area (Å²) >= 11 is 3.21. The minimum atomic E-state index is -0.629. The van der Waals surface area contributed by atoms with E-state index in [1.54, 1.807) is 54.5 Å². The van der Waals surface area contributed by atoms with Crippen LogP contribution >= 0.6 is 23.1 Å². The molecular formula is C21H23N3O3S2. The first-order chi connectivity index (χ1) is 14.0. The van der Waals surface area contributed by atoms with Crippen molar-refractivity contribution >= 4 is 50.8 Å². The van der Waals surface area contributed by atoms with E-state index in [1.165, 1.54) is 0 Å². The number of aromatic nitrogens is 1. The van der Waals surface area contributed by atoms with E-state index in [4.69, 9.17) is 4.74 Å². The molecule has 0 bridgehead atoms. The standard InChI is InChI=1S/C21H23N3O3S2/c1-13-22-17-9-6-15(12-19(17)29-13)23-21(26)18(10-11-28-3)24-20(25)14-4-7-16(27-2)8-5-14/h4-9,12,18H,10-11H2,1-3H3,(H,23,26)(H,24,25). The van der Waals surface area contributed by atoms with E-state index in [0.29, 0.717) is 23.4 Å². The van der Waals surface area contributed by atoms with Crippen LogP contribution in [0, 0.1) is 6.92 Å². The Morgan fingerprint density at radius 3 is 2.66 bits per heavy atom. The Bertz CT molecular complexity index is 1000. The van der Waals surface area contributed by atoms with Gasteiger partial charge in [-0.2, -0.15) is 11.8 Å². The van der Waals surface area contributed by atoms with E-state index in [1.807, 2.05) is 31.4 Å². The van der Waals surface area contributed by atoms with E-state index in [9.17, 15) is 9.59 Å². The van der Waals surface area contributed by atoms with Crippen molar-refractivity contribution in [2.24, 2.45) is 0 Å². The molecule has 0 aliphatic carbocycles. The number of fused-ring (bicyclic) bond motifs is 1. The summed E-state index contributed by atoms with van der Waals surface area (Å²) in [4.78, 5) is 29.9. The third kappa shape index (κ3) is 5.48. The van der Waals surface area contributed by atoms with Crippen LogP contribution in [0.15, 0.2) is 42.5 Å². The number of ether oxygens (including phenoxy) is 1. The highest BCUT2D eigenvalue weighted by molar-refractivity contribution is 7.98. The first-order valence-corrected chi connectivity index (χ1v) is 11.3. The SMILES string of the molecule is COc1ccc(C(=O)NC(CCSC)C(=O)Nc2ccc3nc(C)sc3c2)cc1. The van der Waals surface area contributed by atoms with Gasteiger partial charge in [0.2, 0.25) is 5.91 Å². The maximum absolute atomic E-state index is 12.9. The van der Waals surface area contributed by atoms with Crippen LogP contribution in [0.2, 0.25) is 0 Å². The average molecular weight is 430 g/mol. The minimum absolute atomic E-state index is 0.235. The number of aryl methyl sites for hydroxylation is 1. The fourth-order valence-corrected chi connectivity index (χ4v) is 4.17. The summed E-state index contributed by atoms with van der Waals surface area (Å²) in [5, 5.41) is 6.76. The maximum Gasteiger partial charge on any atom is 0.251 e. The molecule has 2 aromatic carbocycles. The first kappa shape index (κ1) is 21.1. The number of thioether (sulfide) groups is 1. The molecular weight excluding hydrogens is 406 g/mol. The van der Waals surface area contributed by atoms with Crippen LogP contribution in [-0.2, 0) is 4.79 Å². The number of hydrogen-bond acceptors (Lipinski definition) is 6. The molecule has 0 spiro atoms. The second kappa shape index (κ2) is 9.76. The Hall–Kier alpha value is -2.58. The van der Waals surface area contributed by atoms with Crippen LogP contribution in [0.25, 0.3) is 10.2 Å². The minimum Gasteiger partial charge on any atom is -0.497 e. The lowest BCUT2D eigenvalue weighted by Crippen LogP contribution is -2.44. The number of methoxy groups -OCH3 is 1. The molecule has 0 radical (unpaired) electrons. The molecule has 0 saturated carbocycles. The Morgan fingerprint density at radius 2 is 1.97 bits per heavy atom. The number of benzene rings is 2. The highest BCUT2D eigenvalue weighted by Crippen LogP contribution is 2.25. The summed E-state index contributed by atoms with van der Waals surface area (Å²) in [7, 11) is 1.57. The second-order valence-corrected chi connectivity index (χ2v) is 8.66. The molecule has 1 atom stereocenters. The number of nitrogens with zero attached hydrogens (tertiary/aromatic N) is 1. The summed E-state index contributed by atoms with van der Waals surface area (Å²) in [6.07, 6.45) is 2.51. The van der Waals surface area contributed by atoms with Gasteiger partial charge in [0.1, 0.15) is 11.8 Å². The van der Waals surface area contributed by atoms with Crippen LogP contribution < -0.4 is 15.4 Å². The number of nitrogens with one attached hydrogen (secondary N) is 2. The fraction of sp³-hybridized carbons (Fsp3) is 0.286. The Balaban J connectivity index is 1.71. The average Bonchev–Trinajstić information content (AvgIpc) is 3.10. The van der Waals surface area contributed by atoms with Gasteiger partial charge in [0.15, 0.2) is 0 Å². The van der Waals surface area contributed by atoms with Crippen LogP contribution in [0.4, 0.5) is 5.69 Å². The monoisotopic (exact) mass is 429 g/mol. The molecule has 0 fully saturated rings. The van der Waals surface area contributed by atoms with Crippen molar-refractivity contribution in [3.63, 3.8) is 0 Å². The smallest absolute Gasteiger partial charge is 0.251 e. The summed E-state index contributed by atoms with van der Waals surface area (Å²) in [5.74, 6) is 0.907. The predicted octanol–water partition coefficient (Wildman–Crippen LogP) is 4.10. The number of carbonyl (C=O) groups excluding carboxylic acids is 2. The Morgan fingerprint density at radius 1 is 1.21 bits per heavy atom. The van der Waals surface area contributed by atoms with Gasteiger partial charge < -0.3 is 15.4 Å². The maximum atomic E-state index is 12.9. The van der Waals surface area contributed by atoms with E-state index in [2.05, 4.69) is 15.6 Å². The molecule has 6 nitrogen and oxygen atoms in total. The van der Waals surface area contributed by atoms with Crippen molar-refractivity contribution in [1.29, 1.82) is 0 Å². The van der Waals surface area contributed by atoms with E-state index in [-0.39, 0.29) is 11.8 Å². The van der Waals surface area contributed by atoms with E-state index in [0.717, 1.165) is 21.0 Å². The summed E-state index contributed by atoms with van der Waals surface area (Å²) in [5.41, 5.74) is 2.09. The van der Waals surface area contributed by atoms with Crippen molar-refractivity contribution in [2.45, 2.75) is 19.4 Å². The topological polar surface area (TPSA) is 80.3 Å². The van der Waals surface area contributed by atoms with Gasteiger partial charge >= 0.3 is 0 Å². The molecule has 1 aromatic heterocycles. The summed E-state index contributed by atoms with van der Waals surface area (Å²) in [6.45, 7) is 1.95. The van der Waals surface area contributed by atoms with Gasteiger partial charge in [-0.15, -0.1) is 11.3 Å². The number of hydrogen-bond donors (Lipinski definition) is 2. The van der Waals surface area contributed by atoms with Crippen LogP contribution in [-0.4, -0.2) is 42.0 Å². The number of amides is 2. The normalized spacial score (nSPS) is 11.8. The summed E-state index contributed by atoms with van der Waals surface area (Å²) < 4.78 is 6.13. The van der Waals surface area contributed by atoms with Crippen molar-refractivity contribution in [3.8, 4) is 5.75 Å². The summed E-state index contributed by atoms with van der Waals surface area (Å²) in [6, 6.07) is 11.8.